The van der Waals surface area contributed by atoms with E-state index in [1.54, 1.807) is 0 Å². The van der Waals surface area contributed by atoms with Gasteiger partial charge in [0.2, 0.25) is 0 Å². The fourth-order valence-electron chi connectivity index (χ4n) is 2.69. The van der Waals surface area contributed by atoms with E-state index in [2.05, 4.69) is 17.9 Å². The second-order valence-electron chi connectivity index (χ2n) is 5.75. The highest BCUT2D eigenvalue weighted by Crippen LogP contribution is 2.13. The van der Waals surface area contributed by atoms with Gasteiger partial charge in [0.15, 0.2) is 0 Å². The average molecular weight is 248 g/mol. The molecule has 18 heavy (non-hydrogen) atoms. The third-order valence-corrected chi connectivity index (χ3v) is 3.93. The standard InChI is InChI=1S/C18H32/c1-2-4-6-8-10-12-14-16-18-17-15-13-11-9-7-5-3-1/h1,5H,2,4,6-18H2. The van der Waals surface area contributed by atoms with Gasteiger partial charge >= 0.3 is 0 Å². The average Bonchev–Trinajstić information content (AvgIpc) is 2.39. The first-order chi connectivity index (χ1) is 9.00. The van der Waals surface area contributed by atoms with Crippen molar-refractivity contribution in [3.05, 3.63) is 17.9 Å². The lowest BCUT2D eigenvalue weighted by Gasteiger charge is -2.03. The van der Waals surface area contributed by atoms with E-state index >= 15 is 0 Å². The summed E-state index contributed by atoms with van der Waals surface area (Å²) >= 11 is 0. The highest BCUT2D eigenvalue weighted by atomic mass is 14.0. The second kappa shape index (κ2) is 13.0. The molecule has 0 radical (unpaired) electrons. The third-order valence-electron chi connectivity index (χ3n) is 3.93. The SMILES string of the molecule is C1=CCCCCCCCCCCCCCCCC=1. The molecular weight excluding hydrogens is 216 g/mol. The van der Waals surface area contributed by atoms with Gasteiger partial charge in [0.1, 0.15) is 0 Å². The zero-order valence-corrected chi connectivity index (χ0v) is 12.3. The van der Waals surface area contributed by atoms with Gasteiger partial charge in [-0.15, -0.1) is 5.73 Å². The van der Waals surface area contributed by atoms with Crippen LogP contribution in [0.3, 0.4) is 0 Å². The van der Waals surface area contributed by atoms with Gasteiger partial charge in [0.05, 0.1) is 0 Å². The minimum Gasteiger partial charge on any atom is -0.130 e. The summed E-state index contributed by atoms with van der Waals surface area (Å²) < 4.78 is 0. The van der Waals surface area contributed by atoms with Crippen molar-refractivity contribution in [1.29, 1.82) is 0 Å². The Kier molecular flexibility index (Phi) is 11.2. The maximum atomic E-state index is 3.34. The molecule has 1 aliphatic rings. The lowest BCUT2D eigenvalue weighted by molar-refractivity contribution is 0.537. The van der Waals surface area contributed by atoms with E-state index < -0.39 is 0 Å². The number of hydrogen-bond donors (Lipinski definition) is 0. The minimum atomic E-state index is 1.23. The van der Waals surface area contributed by atoms with Gasteiger partial charge in [-0.1, -0.05) is 70.6 Å². The van der Waals surface area contributed by atoms with Gasteiger partial charge in [-0.25, -0.2) is 0 Å². The third kappa shape index (κ3) is 10.7. The fraction of sp³-hybridized carbons (Fsp3) is 0.833. The van der Waals surface area contributed by atoms with Gasteiger partial charge < -0.3 is 0 Å². The Morgan fingerprint density at radius 2 is 0.667 bits per heavy atom. The van der Waals surface area contributed by atoms with Crippen LogP contribution in [0.1, 0.15) is 96.3 Å². The van der Waals surface area contributed by atoms with Crippen molar-refractivity contribution >= 4 is 0 Å². The molecule has 0 bridgehead atoms. The van der Waals surface area contributed by atoms with Crippen molar-refractivity contribution in [2.24, 2.45) is 0 Å². The van der Waals surface area contributed by atoms with Crippen LogP contribution in [0.15, 0.2) is 17.9 Å². The molecule has 0 heterocycles. The minimum absolute atomic E-state index is 1.23. The van der Waals surface area contributed by atoms with Crippen molar-refractivity contribution in [1.82, 2.24) is 0 Å². The van der Waals surface area contributed by atoms with Crippen LogP contribution in [0.2, 0.25) is 0 Å². The van der Waals surface area contributed by atoms with E-state index in [9.17, 15) is 0 Å². The molecule has 104 valence electrons. The first kappa shape index (κ1) is 15.6. The monoisotopic (exact) mass is 248 g/mol. The number of rotatable bonds is 0. The first-order valence-electron chi connectivity index (χ1n) is 8.39. The van der Waals surface area contributed by atoms with E-state index in [4.69, 9.17) is 0 Å². The Morgan fingerprint density at radius 1 is 0.389 bits per heavy atom. The molecule has 0 fully saturated rings. The van der Waals surface area contributed by atoms with Gasteiger partial charge in [-0.05, 0) is 37.8 Å². The summed E-state index contributed by atoms with van der Waals surface area (Å²) in [5, 5.41) is 0. The van der Waals surface area contributed by atoms with Crippen LogP contribution in [0.4, 0.5) is 0 Å². The van der Waals surface area contributed by atoms with Crippen LogP contribution in [-0.4, -0.2) is 0 Å². The summed E-state index contributed by atoms with van der Waals surface area (Å²) in [5.41, 5.74) is 3.34. The maximum absolute atomic E-state index is 3.34. The van der Waals surface area contributed by atoms with Crippen LogP contribution >= 0.6 is 0 Å². The van der Waals surface area contributed by atoms with Crippen molar-refractivity contribution in [3.63, 3.8) is 0 Å². The molecule has 1 aliphatic carbocycles. The summed E-state index contributed by atoms with van der Waals surface area (Å²) in [5.74, 6) is 0. The van der Waals surface area contributed by atoms with E-state index in [1.807, 2.05) is 0 Å². The molecule has 0 unspecified atom stereocenters. The predicted octanol–water partition coefficient (Wildman–Crippen LogP) is 6.56. The summed E-state index contributed by atoms with van der Waals surface area (Å²) in [6.07, 6.45) is 25.7. The number of hydrogen-bond acceptors (Lipinski definition) is 0. The molecule has 0 nitrogen and oxygen atoms in total. The van der Waals surface area contributed by atoms with E-state index in [0.717, 1.165) is 0 Å². The topological polar surface area (TPSA) is 0 Å². The van der Waals surface area contributed by atoms with Crippen molar-refractivity contribution < 1.29 is 0 Å². The van der Waals surface area contributed by atoms with Crippen molar-refractivity contribution in [2.75, 3.05) is 0 Å². The number of allylic oxidation sites excluding steroid dienone is 1. The fourth-order valence-corrected chi connectivity index (χ4v) is 2.69. The normalized spacial score (nSPS) is 22.2. The lowest BCUT2D eigenvalue weighted by Crippen LogP contribution is -1.83. The zero-order chi connectivity index (χ0) is 12.7. The largest absolute Gasteiger partial charge is 0.130 e. The lowest BCUT2D eigenvalue weighted by atomic mass is 10.0. The molecule has 0 saturated carbocycles. The molecule has 1 rings (SSSR count). The van der Waals surface area contributed by atoms with E-state index in [-0.39, 0.29) is 0 Å². The molecule has 0 aromatic rings. The Labute approximate surface area is 115 Å². The zero-order valence-electron chi connectivity index (χ0n) is 12.3. The van der Waals surface area contributed by atoms with Gasteiger partial charge in [0, 0.05) is 0 Å². The van der Waals surface area contributed by atoms with E-state index in [1.165, 1.54) is 96.3 Å². The van der Waals surface area contributed by atoms with Crippen LogP contribution in [0.25, 0.3) is 0 Å². The summed E-state index contributed by atoms with van der Waals surface area (Å²) in [7, 11) is 0. The highest BCUT2D eigenvalue weighted by molar-refractivity contribution is 4.84. The summed E-state index contributed by atoms with van der Waals surface area (Å²) in [6, 6.07) is 0. The molecule has 0 aliphatic heterocycles. The molecule has 0 N–H and O–H groups in total. The van der Waals surface area contributed by atoms with E-state index in [0.29, 0.717) is 0 Å². The molecule has 0 amide bonds. The molecule has 0 atom stereocenters. The molecule has 0 heteroatoms. The quantitative estimate of drug-likeness (QED) is 0.426. The van der Waals surface area contributed by atoms with Crippen molar-refractivity contribution in [3.8, 4) is 0 Å². The van der Waals surface area contributed by atoms with Crippen LogP contribution in [-0.2, 0) is 0 Å². The second-order valence-corrected chi connectivity index (χ2v) is 5.75. The van der Waals surface area contributed by atoms with Crippen molar-refractivity contribution in [2.45, 2.75) is 96.3 Å². The Bertz CT molecular complexity index is 200. The molecule has 0 aromatic heterocycles. The van der Waals surface area contributed by atoms with Gasteiger partial charge in [0.25, 0.3) is 0 Å². The molecular formula is C18H32. The predicted molar refractivity (Wildman–Crippen MR) is 81.9 cm³/mol. The van der Waals surface area contributed by atoms with Crippen LogP contribution in [0, 0.1) is 0 Å². The highest BCUT2D eigenvalue weighted by Gasteiger charge is 1.94. The Hall–Kier alpha value is -0.480. The van der Waals surface area contributed by atoms with Gasteiger partial charge in [-0.2, -0.15) is 0 Å². The molecule has 0 aromatic carbocycles. The Balaban J connectivity index is 2.13. The molecule has 0 spiro atoms. The van der Waals surface area contributed by atoms with Crippen LogP contribution < -0.4 is 0 Å². The van der Waals surface area contributed by atoms with Gasteiger partial charge in [-0.3, -0.25) is 0 Å². The maximum Gasteiger partial charge on any atom is -0.0274 e. The smallest absolute Gasteiger partial charge is 0.0274 e. The summed E-state index contributed by atoms with van der Waals surface area (Å²) in [4.78, 5) is 0. The molecule has 0 saturated heterocycles. The Morgan fingerprint density at radius 3 is 1.00 bits per heavy atom. The first-order valence-corrected chi connectivity index (χ1v) is 8.39. The van der Waals surface area contributed by atoms with Crippen LogP contribution in [0.5, 0.6) is 0 Å². The summed E-state index contributed by atoms with van der Waals surface area (Å²) in [6.45, 7) is 0.